The highest BCUT2D eigenvalue weighted by Gasteiger charge is 2.57. The van der Waals surface area contributed by atoms with E-state index in [-0.39, 0.29) is 16.9 Å². The Kier molecular flexibility index (Phi) is 2.98. The van der Waals surface area contributed by atoms with Crippen molar-refractivity contribution in [2.24, 2.45) is 34.5 Å². The van der Waals surface area contributed by atoms with E-state index in [4.69, 9.17) is 0 Å². The molecular weight excluding hydrogens is 272 g/mol. The quantitative estimate of drug-likeness (QED) is 0.652. The highest BCUT2D eigenvalue weighted by molar-refractivity contribution is 5.34. The molecule has 0 radical (unpaired) electrons. The molecule has 7 atom stereocenters. The van der Waals surface area contributed by atoms with Crippen molar-refractivity contribution in [3.05, 3.63) is 35.6 Å². The van der Waals surface area contributed by atoms with E-state index in [0.717, 1.165) is 19.3 Å². The lowest BCUT2D eigenvalue weighted by Crippen LogP contribution is -2.51. The largest absolute Gasteiger partial charge is 0.512 e. The molecule has 2 nitrogen and oxygen atoms in total. The third-order valence-corrected chi connectivity index (χ3v) is 7.50. The second-order valence-electron chi connectivity index (χ2n) is 8.54. The lowest BCUT2D eigenvalue weighted by Gasteiger charge is -2.57. The molecule has 0 bridgehead atoms. The third kappa shape index (κ3) is 1.71. The molecule has 0 heterocycles. The molecule has 0 aromatic carbocycles. The first kappa shape index (κ1) is 14.6. The Morgan fingerprint density at radius 3 is 2.77 bits per heavy atom. The van der Waals surface area contributed by atoms with Crippen molar-refractivity contribution in [2.75, 3.05) is 0 Å². The summed E-state index contributed by atoms with van der Waals surface area (Å²) >= 11 is 0. The van der Waals surface area contributed by atoms with Crippen LogP contribution in [-0.4, -0.2) is 16.3 Å². The van der Waals surface area contributed by atoms with Crippen LogP contribution in [0.3, 0.4) is 0 Å². The summed E-state index contributed by atoms with van der Waals surface area (Å²) in [6.45, 7) is 6.98. The van der Waals surface area contributed by atoms with Gasteiger partial charge < -0.3 is 10.2 Å². The van der Waals surface area contributed by atoms with E-state index in [1.807, 2.05) is 6.08 Å². The third-order valence-electron chi connectivity index (χ3n) is 7.50. The molecule has 0 aliphatic heterocycles. The van der Waals surface area contributed by atoms with Crippen molar-refractivity contribution in [1.29, 1.82) is 0 Å². The predicted molar refractivity (Wildman–Crippen MR) is 88.3 cm³/mol. The zero-order chi connectivity index (χ0) is 15.7. The molecule has 0 saturated heterocycles. The van der Waals surface area contributed by atoms with Crippen molar-refractivity contribution < 1.29 is 10.2 Å². The summed E-state index contributed by atoms with van der Waals surface area (Å²) in [7, 11) is 0. The summed E-state index contributed by atoms with van der Waals surface area (Å²) in [5.41, 5.74) is 1.54. The maximum Gasteiger partial charge on any atom is 0.0944 e. The van der Waals surface area contributed by atoms with Crippen LogP contribution in [0.5, 0.6) is 0 Å². The minimum Gasteiger partial charge on any atom is -0.512 e. The summed E-state index contributed by atoms with van der Waals surface area (Å²) in [5.74, 6) is 3.02. The molecule has 4 rings (SSSR count). The van der Waals surface area contributed by atoms with E-state index in [1.54, 1.807) is 0 Å². The normalized spacial score (nSPS) is 53.2. The summed E-state index contributed by atoms with van der Waals surface area (Å²) < 4.78 is 0. The lowest BCUT2D eigenvalue weighted by molar-refractivity contribution is -0.0308. The van der Waals surface area contributed by atoms with Gasteiger partial charge in [-0.3, -0.25) is 0 Å². The standard InChI is InChI=1S/C20H28O2/c1-12-10-13-11-14(21)6-8-19(13,2)16-7-9-20(3)15(18(12)16)4-5-17(20)22/h5-6,8,10,12,14-16,18,21-22H,4,7,9,11H2,1-3H3/t12-,14-,15-,16-,18-,19-,20-/m0/s1. The molecule has 1 saturated carbocycles. The smallest absolute Gasteiger partial charge is 0.0944 e. The summed E-state index contributed by atoms with van der Waals surface area (Å²) in [6, 6.07) is 0. The van der Waals surface area contributed by atoms with E-state index in [2.05, 4.69) is 39.0 Å². The van der Waals surface area contributed by atoms with Crippen LogP contribution in [0.1, 0.15) is 46.5 Å². The van der Waals surface area contributed by atoms with Gasteiger partial charge in [0.15, 0.2) is 0 Å². The van der Waals surface area contributed by atoms with Gasteiger partial charge in [-0.15, -0.1) is 0 Å². The molecule has 4 aliphatic carbocycles. The summed E-state index contributed by atoms with van der Waals surface area (Å²) in [4.78, 5) is 0. The Bertz CT molecular complexity index is 587. The second kappa shape index (κ2) is 4.50. The molecule has 0 unspecified atom stereocenters. The van der Waals surface area contributed by atoms with Crippen molar-refractivity contribution in [1.82, 2.24) is 0 Å². The number of fused-ring (bicyclic) bond motifs is 5. The number of rotatable bonds is 0. The van der Waals surface area contributed by atoms with Gasteiger partial charge in [0.25, 0.3) is 0 Å². The SMILES string of the molecule is C[C@H]1C=C2C[C@@H](O)C=C[C@]2(C)[C@H]2CC[C@]3(C)C(O)=CC[C@H]3[C@H]12. The van der Waals surface area contributed by atoms with Crippen LogP contribution in [-0.2, 0) is 0 Å². The van der Waals surface area contributed by atoms with Crippen LogP contribution in [0.4, 0.5) is 0 Å². The van der Waals surface area contributed by atoms with E-state index in [0.29, 0.717) is 29.4 Å². The first-order chi connectivity index (χ1) is 10.4. The highest BCUT2D eigenvalue weighted by Crippen LogP contribution is 2.64. The average molecular weight is 300 g/mol. The molecule has 0 aromatic rings. The minimum absolute atomic E-state index is 0.00494. The fourth-order valence-corrected chi connectivity index (χ4v) is 6.15. The van der Waals surface area contributed by atoms with Crippen LogP contribution in [0.2, 0.25) is 0 Å². The number of aliphatic hydroxyl groups excluding tert-OH is 2. The maximum absolute atomic E-state index is 10.4. The topological polar surface area (TPSA) is 40.5 Å². The van der Waals surface area contributed by atoms with Gasteiger partial charge in [-0.05, 0) is 55.4 Å². The summed E-state index contributed by atoms with van der Waals surface area (Å²) in [5, 5.41) is 20.4. The Labute approximate surface area is 133 Å². The molecule has 22 heavy (non-hydrogen) atoms. The molecule has 0 aromatic heterocycles. The van der Waals surface area contributed by atoms with Crippen LogP contribution >= 0.6 is 0 Å². The van der Waals surface area contributed by atoms with Gasteiger partial charge in [-0.25, -0.2) is 0 Å². The first-order valence-electron chi connectivity index (χ1n) is 8.84. The second-order valence-corrected chi connectivity index (χ2v) is 8.54. The fourth-order valence-electron chi connectivity index (χ4n) is 6.15. The van der Waals surface area contributed by atoms with Gasteiger partial charge in [0.05, 0.1) is 11.9 Å². The van der Waals surface area contributed by atoms with Crippen molar-refractivity contribution in [3.8, 4) is 0 Å². The van der Waals surface area contributed by atoms with E-state index >= 15 is 0 Å². The fraction of sp³-hybridized carbons (Fsp3) is 0.700. The number of aliphatic hydroxyl groups is 2. The van der Waals surface area contributed by atoms with E-state index < -0.39 is 0 Å². The van der Waals surface area contributed by atoms with Gasteiger partial charge in [0.1, 0.15) is 0 Å². The molecular formula is C20H28O2. The van der Waals surface area contributed by atoms with Gasteiger partial charge in [0.2, 0.25) is 0 Å². The molecule has 120 valence electrons. The maximum atomic E-state index is 10.4. The zero-order valence-electron chi connectivity index (χ0n) is 13.9. The Hall–Kier alpha value is -1.02. The zero-order valence-corrected chi connectivity index (χ0v) is 13.9. The van der Waals surface area contributed by atoms with E-state index in [1.165, 1.54) is 12.0 Å². The molecule has 0 spiro atoms. The molecule has 0 amide bonds. The van der Waals surface area contributed by atoms with Gasteiger partial charge in [-0.2, -0.15) is 0 Å². The molecule has 4 aliphatic rings. The minimum atomic E-state index is -0.311. The molecule has 1 fully saturated rings. The predicted octanol–water partition coefficient (Wildman–Crippen LogP) is 4.38. The van der Waals surface area contributed by atoms with Gasteiger partial charge in [0, 0.05) is 10.8 Å². The van der Waals surface area contributed by atoms with Crippen LogP contribution in [0, 0.1) is 34.5 Å². The Balaban J connectivity index is 1.77. The van der Waals surface area contributed by atoms with Crippen LogP contribution < -0.4 is 0 Å². The monoisotopic (exact) mass is 300 g/mol. The Morgan fingerprint density at radius 1 is 1.23 bits per heavy atom. The van der Waals surface area contributed by atoms with E-state index in [9.17, 15) is 10.2 Å². The molecule has 2 N–H and O–H groups in total. The van der Waals surface area contributed by atoms with Gasteiger partial charge >= 0.3 is 0 Å². The number of hydrogen-bond acceptors (Lipinski definition) is 2. The van der Waals surface area contributed by atoms with Crippen molar-refractivity contribution in [3.63, 3.8) is 0 Å². The van der Waals surface area contributed by atoms with Crippen LogP contribution in [0.15, 0.2) is 35.6 Å². The highest BCUT2D eigenvalue weighted by atomic mass is 16.3. The van der Waals surface area contributed by atoms with Crippen LogP contribution in [0.25, 0.3) is 0 Å². The average Bonchev–Trinajstić information content (AvgIpc) is 2.77. The Morgan fingerprint density at radius 2 is 2.00 bits per heavy atom. The molecule has 2 heteroatoms. The van der Waals surface area contributed by atoms with Crippen molar-refractivity contribution in [2.45, 2.75) is 52.6 Å². The number of hydrogen-bond donors (Lipinski definition) is 2. The summed E-state index contributed by atoms with van der Waals surface area (Å²) in [6.07, 6.45) is 12.6. The van der Waals surface area contributed by atoms with Crippen molar-refractivity contribution >= 4 is 0 Å². The van der Waals surface area contributed by atoms with Gasteiger partial charge in [-0.1, -0.05) is 44.6 Å². The first-order valence-corrected chi connectivity index (χ1v) is 8.84. The lowest BCUT2D eigenvalue weighted by atomic mass is 9.47. The number of allylic oxidation sites excluding steroid dienone is 4.